The van der Waals surface area contributed by atoms with Crippen LogP contribution in [0.4, 0.5) is 4.39 Å². The van der Waals surface area contributed by atoms with E-state index < -0.39 is 15.8 Å². The Bertz CT molecular complexity index is 1060. The van der Waals surface area contributed by atoms with E-state index in [4.69, 9.17) is 4.74 Å². The van der Waals surface area contributed by atoms with Gasteiger partial charge in [-0.05, 0) is 25.1 Å². The standard InChI is InChI=1S/C16H18FN7O3S/c1-2-27-16-4-3-14(7-15(16)17)28(25,26)22-10-13(11-22)23-8-12(20-21-23)9-24-18-5-6-19-24/h3-8,13H,2,9-11H2,1H3. The van der Waals surface area contributed by atoms with Gasteiger partial charge in [0, 0.05) is 13.1 Å². The lowest BCUT2D eigenvalue weighted by atomic mass is 10.2. The zero-order valence-electron chi connectivity index (χ0n) is 15.0. The number of hydrogen-bond acceptors (Lipinski definition) is 7. The van der Waals surface area contributed by atoms with Crippen LogP contribution in [0.2, 0.25) is 0 Å². The van der Waals surface area contributed by atoms with Gasteiger partial charge in [0.15, 0.2) is 11.6 Å². The predicted octanol–water partition coefficient (Wildman–Crippen LogP) is 0.701. The molecule has 0 amide bonds. The Morgan fingerprint density at radius 2 is 2.00 bits per heavy atom. The molecule has 28 heavy (non-hydrogen) atoms. The van der Waals surface area contributed by atoms with Crippen molar-refractivity contribution in [1.82, 2.24) is 34.3 Å². The first-order valence-electron chi connectivity index (χ1n) is 8.64. The second-order valence-electron chi connectivity index (χ2n) is 6.25. The first-order valence-corrected chi connectivity index (χ1v) is 10.1. The van der Waals surface area contributed by atoms with E-state index in [1.807, 2.05) is 0 Å². The molecule has 148 valence electrons. The summed E-state index contributed by atoms with van der Waals surface area (Å²) in [6, 6.07) is 3.53. The van der Waals surface area contributed by atoms with Crippen LogP contribution in [-0.4, -0.2) is 62.4 Å². The molecule has 1 aromatic carbocycles. The lowest BCUT2D eigenvalue weighted by Crippen LogP contribution is -2.50. The van der Waals surface area contributed by atoms with Crippen LogP contribution in [-0.2, 0) is 16.6 Å². The van der Waals surface area contributed by atoms with Gasteiger partial charge in [0.2, 0.25) is 10.0 Å². The number of benzene rings is 1. The fourth-order valence-corrected chi connectivity index (χ4v) is 4.41. The highest BCUT2D eigenvalue weighted by Crippen LogP contribution is 2.29. The summed E-state index contributed by atoms with van der Waals surface area (Å²) in [6.45, 7) is 2.88. The Hall–Kier alpha value is -2.86. The average Bonchev–Trinajstić information content (AvgIpc) is 3.28. The maximum atomic E-state index is 14.0. The Kier molecular flexibility index (Phi) is 4.81. The van der Waals surface area contributed by atoms with Gasteiger partial charge in [-0.1, -0.05) is 5.21 Å². The van der Waals surface area contributed by atoms with Crippen molar-refractivity contribution >= 4 is 10.0 Å². The van der Waals surface area contributed by atoms with Gasteiger partial charge >= 0.3 is 0 Å². The van der Waals surface area contributed by atoms with Crippen molar-refractivity contribution in [2.75, 3.05) is 19.7 Å². The lowest BCUT2D eigenvalue weighted by molar-refractivity contribution is 0.188. The van der Waals surface area contributed by atoms with Crippen molar-refractivity contribution in [3.05, 3.63) is 48.3 Å². The molecule has 0 spiro atoms. The fraction of sp³-hybridized carbons (Fsp3) is 0.375. The smallest absolute Gasteiger partial charge is 0.243 e. The van der Waals surface area contributed by atoms with Crippen molar-refractivity contribution in [2.45, 2.75) is 24.4 Å². The summed E-state index contributed by atoms with van der Waals surface area (Å²) in [7, 11) is -3.78. The largest absolute Gasteiger partial charge is 0.491 e. The van der Waals surface area contributed by atoms with Gasteiger partial charge in [-0.3, -0.25) is 0 Å². The van der Waals surface area contributed by atoms with Crippen LogP contribution in [0.1, 0.15) is 18.7 Å². The highest BCUT2D eigenvalue weighted by molar-refractivity contribution is 7.89. The van der Waals surface area contributed by atoms with Crippen LogP contribution in [0.15, 0.2) is 41.7 Å². The minimum Gasteiger partial charge on any atom is -0.491 e. The molecule has 0 unspecified atom stereocenters. The van der Waals surface area contributed by atoms with E-state index in [1.54, 1.807) is 30.2 Å². The number of aromatic nitrogens is 6. The van der Waals surface area contributed by atoms with Gasteiger partial charge in [0.1, 0.15) is 12.2 Å². The highest BCUT2D eigenvalue weighted by atomic mass is 32.2. The van der Waals surface area contributed by atoms with E-state index in [0.717, 1.165) is 6.07 Å². The van der Waals surface area contributed by atoms with Crippen LogP contribution in [0, 0.1) is 5.82 Å². The summed E-state index contributed by atoms with van der Waals surface area (Å²) >= 11 is 0. The third-order valence-electron chi connectivity index (χ3n) is 4.37. The van der Waals surface area contributed by atoms with Crippen molar-refractivity contribution in [3.8, 4) is 5.75 Å². The van der Waals surface area contributed by atoms with Crippen molar-refractivity contribution in [1.29, 1.82) is 0 Å². The van der Waals surface area contributed by atoms with Gasteiger partial charge in [-0.15, -0.1) is 5.10 Å². The van der Waals surface area contributed by atoms with E-state index in [-0.39, 0.29) is 29.8 Å². The maximum Gasteiger partial charge on any atom is 0.243 e. The van der Waals surface area contributed by atoms with E-state index >= 15 is 0 Å². The minimum atomic E-state index is -3.78. The summed E-state index contributed by atoms with van der Waals surface area (Å²) < 4.78 is 47.4. The van der Waals surface area contributed by atoms with Gasteiger partial charge in [0.25, 0.3) is 0 Å². The second-order valence-corrected chi connectivity index (χ2v) is 8.19. The molecule has 10 nitrogen and oxygen atoms in total. The molecule has 0 atom stereocenters. The third kappa shape index (κ3) is 3.47. The van der Waals surface area contributed by atoms with E-state index in [1.165, 1.54) is 21.2 Å². The molecule has 0 saturated carbocycles. The van der Waals surface area contributed by atoms with Gasteiger partial charge in [0.05, 0.1) is 36.1 Å². The molecule has 1 aliphatic heterocycles. The van der Waals surface area contributed by atoms with Crippen LogP contribution >= 0.6 is 0 Å². The molecule has 0 N–H and O–H groups in total. The molecule has 1 aliphatic rings. The Balaban J connectivity index is 1.41. The van der Waals surface area contributed by atoms with Gasteiger partial charge < -0.3 is 4.74 Å². The SMILES string of the molecule is CCOc1ccc(S(=O)(=O)N2CC(n3cc(Cn4nccn4)nn3)C2)cc1F. The molecule has 3 heterocycles. The number of nitrogens with zero attached hydrogens (tertiary/aromatic N) is 7. The van der Waals surface area contributed by atoms with Crippen molar-refractivity contribution < 1.29 is 17.5 Å². The van der Waals surface area contributed by atoms with Crippen LogP contribution in [0.25, 0.3) is 0 Å². The molecule has 1 saturated heterocycles. The average molecular weight is 407 g/mol. The maximum absolute atomic E-state index is 14.0. The molecule has 3 aromatic rings. The molecule has 1 fully saturated rings. The van der Waals surface area contributed by atoms with Crippen molar-refractivity contribution in [3.63, 3.8) is 0 Å². The Morgan fingerprint density at radius 3 is 2.68 bits per heavy atom. The fourth-order valence-electron chi connectivity index (χ4n) is 2.88. The van der Waals surface area contributed by atoms with E-state index in [9.17, 15) is 12.8 Å². The Labute approximate surface area is 160 Å². The minimum absolute atomic E-state index is 0.0322. The molecule has 0 aliphatic carbocycles. The van der Waals surface area contributed by atoms with Crippen LogP contribution in [0.3, 0.4) is 0 Å². The monoisotopic (exact) mass is 407 g/mol. The first-order chi connectivity index (χ1) is 13.5. The molecule has 2 aromatic heterocycles. The molecule has 0 radical (unpaired) electrons. The zero-order chi connectivity index (χ0) is 19.7. The summed E-state index contributed by atoms with van der Waals surface area (Å²) in [6.07, 6.45) is 4.89. The van der Waals surface area contributed by atoms with E-state index in [0.29, 0.717) is 18.8 Å². The zero-order valence-corrected chi connectivity index (χ0v) is 15.8. The number of halogens is 1. The van der Waals surface area contributed by atoms with Crippen molar-refractivity contribution in [2.24, 2.45) is 0 Å². The number of rotatable bonds is 7. The third-order valence-corrected chi connectivity index (χ3v) is 6.20. The topological polar surface area (TPSA) is 108 Å². The quantitative estimate of drug-likeness (QED) is 0.567. The Morgan fingerprint density at radius 1 is 1.25 bits per heavy atom. The number of hydrogen-bond donors (Lipinski definition) is 0. The predicted molar refractivity (Wildman–Crippen MR) is 94.5 cm³/mol. The molecule has 12 heteroatoms. The first kappa shape index (κ1) is 18.5. The molecule has 4 rings (SSSR count). The summed E-state index contributed by atoms with van der Waals surface area (Å²) in [4.78, 5) is 1.38. The summed E-state index contributed by atoms with van der Waals surface area (Å²) in [5.41, 5.74) is 0.672. The summed E-state index contributed by atoms with van der Waals surface area (Å²) in [5.74, 6) is -0.669. The van der Waals surface area contributed by atoms with Gasteiger partial charge in [-0.2, -0.15) is 19.3 Å². The number of sulfonamides is 1. The highest BCUT2D eigenvalue weighted by Gasteiger charge is 2.38. The molecule has 0 bridgehead atoms. The number of ether oxygens (including phenoxy) is 1. The van der Waals surface area contributed by atoms with Crippen LogP contribution in [0.5, 0.6) is 5.75 Å². The lowest BCUT2D eigenvalue weighted by Gasteiger charge is -2.37. The van der Waals surface area contributed by atoms with E-state index in [2.05, 4.69) is 20.5 Å². The second kappa shape index (κ2) is 7.28. The van der Waals surface area contributed by atoms with Crippen LogP contribution < -0.4 is 4.74 Å². The molecular weight excluding hydrogens is 389 g/mol. The summed E-state index contributed by atoms with van der Waals surface area (Å²) in [5, 5.41) is 16.1. The molecular formula is C16H18FN7O3S. The normalized spacial score (nSPS) is 15.5. The van der Waals surface area contributed by atoms with Gasteiger partial charge in [-0.25, -0.2) is 17.5 Å².